The smallest absolute Gasteiger partial charge is 0.0439 e. The van der Waals surface area contributed by atoms with Gasteiger partial charge in [-0.3, -0.25) is 0 Å². The summed E-state index contributed by atoms with van der Waals surface area (Å²) >= 11 is 0. The van der Waals surface area contributed by atoms with Gasteiger partial charge in [-0.25, -0.2) is 0 Å². The fourth-order valence-corrected chi connectivity index (χ4v) is 3.07. The average Bonchev–Trinajstić information content (AvgIpc) is 2.38. The van der Waals surface area contributed by atoms with Crippen LogP contribution in [0, 0.1) is 41.5 Å². The molecule has 0 spiro atoms. The largest absolute Gasteiger partial charge is 0.360 e. The van der Waals surface area contributed by atoms with Crippen LogP contribution in [0.3, 0.4) is 0 Å². The maximum absolute atomic E-state index is 3.39. The minimum Gasteiger partial charge on any atom is -0.360 e. The summed E-state index contributed by atoms with van der Waals surface area (Å²) in [6, 6.07) is 8.80. The van der Waals surface area contributed by atoms with Crippen LogP contribution in [0.25, 0.3) is 0 Å². The molecule has 0 bridgehead atoms. The molecule has 2 N–H and O–H groups in total. The number of benzene rings is 2. The first-order valence-corrected chi connectivity index (χ1v) is 7.72. The van der Waals surface area contributed by atoms with Crippen LogP contribution in [-0.4, -0.2) is 0 Å². The quantitative estimate of drug-likeness (QED) is 0.774. The van der Waals surface area contributed by atoms with Gasteiger partial charge in [-0.2, -0.15) is 0 Å². The van der Waals surface area contributed by atoms with Crippen LogP contribution >= 0.6 is 0 Å². The third-order valence-electron chi connectivity index (χ3n) is 3.89. The van der Waals surface area contributed by atoms with Gasteiger partial charge in [0.15, 0.2) is 0 Å². The lowest BCUT2D eigenvalue weighted by molar-refractivity contribution is 1.30. The van der Waals surface area contributed by atoms with Gasteiger partial charge in [0.05, 0.1) is 0 Å². The van der Waals surface area contributed by atoms with Gasteiger partial charge >= 0.3 is 0 Å². The SMILES string of the molecule is Cc1cc(C)c(NC=CNc2c(C)cc(C)cc2C)c(C)c1. The summed E-state index contributed by atoms with van der Waals surface area (Å²) in [6.45, 7) is 12.8. The summed E-state index contributed by atoms with van der Waals surface area (Å²) in [7, 11) is 0. The number of nitrogens with one attached hydrogen (secondary N) is 2. The Hall–Kier alpha value is -2.22. The second kappa shape index (κ2) is 6.69. The van der Waals surface area contributed by atoms with Gasteiger partial charge in [-0.05, 0) is 63.8 Å². The summed E-state index contributed by atoms with van der Waals surface area (Å²) in [5.41, 5.74) is 10.0. The Morgan fingerprint density at radius 1 is 0.545 bits per heavy atom. The number of anilines is 2. The third kappa shape index (κ3) is 3.70. The van der Waals surface area contributed by atoms with Crippen LogP contribution in [0.1, 0.15) is 33.4 Å². The van der Waals surface area contributed by atoms with Crippen LogP contribution in [-0.2, 0) is 0 Å². The molecule has 0 saturated carbocycles. The summed E-state index contributed by atoms with van der Waals surface area (Å²) in [5.74, 6) is 0. The number of hydrogen-bond donors (Lipinski definition) is 2. The van der Waals surface area contributed by atoms with Crippen molar-refractivity contribution in [2.75, 3.05) is 10.6 Å². The van der Waals surface area contributed by atoms with E-state index in [1.165, 1.54) is 44.8 Å². The zero-order valence-corrected chi connectivity index (χ0v) is 14.5. The predicted octanol–water partition coefficient (Wildman–Crippen LogP) is 5.53. The average molecular weight is 294 g/mol. The van der Waals surface area contributed by atoms with Crippen molar-refractivity contribution in [1.29, 1.82) is 0 Å². The second-order valence-electron chi connectivity index (χ2n) is 6.17. The van der Waals surface area contributed by atoms with Gasteiger partial charge in [-0.15, -0.1) is 0 Å². The summed E-state index contributed by atoms with van der Waals surface area (Å²) < 4.78 is 0. The molecule has 0 unspecified atom stereocenters. The van der Waals surface area contributed by atoms with E-state index < -0.39 is 0 Å². The van der Waals surface area contributed by atoms with Gasteiger partial charge in [0.25, 0.3) is 0 Å². The Morgan fingerprint density at radius 3 is 1.09 bits per heavy atom. The summed E-state index contributed by atoms with van der Waals surface area (Å²) in [5, 5.41) is 6.77. The normalized spacial score (nSPS) is 11.0. The van der Waals surface area contributed by atoms with Gasteiger partial charge in [0.1, 0.15) is 0 Å². The molecule has 22 heavy (non-hydrogen) atoms. The molecule has 0 saturated heterocycles. The number of hydrogen-bond acceptors (Lipinski definition) is 2. The molecule has 0 atom stereocenters. The van der Waals surface area contributed by atoms with Crippen LogP contribution in [0.15, 0.2) is 36.7 Å². The predicted molar refractivity (Wildman–Crippen MR) is 97.7 cm³/mol. The molecule has 0 aliphatic carbocycles. The molecular weight excluding hydrogens is 268 g/mol. The fraction of sp³-hybridized carbons (Fsp3) is 0.300. The van der Waals surface area contributed by atoms with Gasteiger partial charge in [0, 0.05) is 23.8 Å². The Bertz CT molecular complexity index is 604. The molecule has 0 amide bonds. The van der Waals surface area contributed by atoms with E-state index in [4.69, 9.17) is 0 Å². The topological polar surface area (TPSA) is 24.1 Å². The van der Waals surface area contributed by atoms with E-state index in [1.54, 1.807) is 0 Å². The highest BCUT2D eigenvalue weighted by molar-refractivity contribution is 5.62. The standard InChI is InChI=1S/C20H26N2/c1-13-9-15(3)19(16(4)10-13)21-7-8-22-20-17(5)11-14(2)12-18(20)6/h7-12,21-22H,1-6H3. The Balaban J connectivity index is 2.09. The molecule has 0 aliphatic heterocycles. The monoisotopic (exact) mass is 294 g/mol. The van der Waals surface area contributed by atoms with E-state index in [9.17, 15) is 0 Å². The van der Waals surface area contributed by atoms with E-state index in [0.29, 0.717) is 0 Å². The maximum atomic E-state index is 3.39. The number of aryl methyl sites for hydroxylation is 6. The molecule has 0 aliphatic rings. The molecule has 0 aromatic heterocycles. The van der Waals surface area contributed by atoms with Crippen molar-refractivity contribution >= 4 is 11.4 Å². The second-order valence-corrected chi connectivity index (χ2v) is 6.17. The van der Waals surface area contributed by atoms with E-state index in [-0.39, 0.29) is 0 Å². The van der Waals surface area contributed by atoms with Crippen molar-refractivity contribution < 1.29 is 0 Å². The molecule has 2 aromatic carbocycles. The first-order valence-electron chi connectivity index (χ1n) is 7.72. The summed E-state index contributed by atoms with van der Waals surface area (Å²) in [6.07, 6.45) is 3.92. The highest BCUT2D eigenvalue weighted by Gasteiger charge is 2.03. The minimum absolute atomic E-state index is 1.18. The van der Waals surface area contributed by atoms with Crippen LogP contribution < -0.4 is 10.6 Å². The van der Waals surface area contributed by atoms with Crippen molar-refractivity contribution in [2.45, 2.75) is 41.5 Å². The highest BCUT2D eigenvalue weighted by Crippen LogP contribution is 2.23. The zero-order valence-electron chi connectivity index (χ0n) is 14.5. The molecule has 116 valence electrons. The van der Waals surface area contributed by atoms with Gasteiger partial charge in [-0.1, -0.05) is 35.4 Å². The third-order valence-corrected chi connectivity index (χ3v) is 3.89. The van der Waals surface area contributed by atoms with Gasteiger partial charge < -0.3 is 10.6 Å². The maximum Gasteiger partial charge on any atom is 0.0439 e. The highest BCUT2D eigenvalue weighted by atomic mass is 14.9. The molecule has 2 rings (SSSR count). The molecule has 2 aromatic rings. The van der Waals surface area contributed by atoms with Crippen molar-refractivity contribution in [1.82, 2.24) is 0 Å². The zero-order chi connectivity index (χ0) is 16.3. The molecule has 2 nitrogen and oxygen atoms in total. The van der Waals surface area contributed by atoms with Crippen LogP contribution in [0.2, 0.25) is 0 Å². The van der Waals surface area contributed by atoms with E-state index >= 15 is 0 Å². The molecule has 0 fully saturated rings. The Morgan fingerprint density at radius 2 is 0.818 bits per heavy atom. The van der Waals surface area contributed by atoms with E-state index in [2.05, 4.69) is 76.4 Å². The summed E-state index contributed by atoms with van der Waals surface area (Å²) in [4.78, 5) is 0. The lowest BCUT2D eigenvalue weighted by Crippen LogP contribution is -1.99. The lowest BCUT2D eigenvalue weighted by Gasteiger charge is -2.12. The molecule has 0 heterocycles. The number of rotatable bonds is 4. The van der Waals surface area contributed by atoms with Crippen LogP contribution in [0.4, 0.5) is 11.4 Å². The van der Waals surface area contributed by atoms with Crippen molar-refractivity contribution in [2.24, 2.45) is 0 Å². The Labute approximate surface area is 134 Å². The fourth-order valence-electron chi connectivity index (χ4n) is 3.07. The molecule has 2 heteroatoms. The molecule has 0 radical (unpaired) electrons. The van der Waals surface area contributed by atoms with Crippen LogP contribution in [0.5, 0.6) is 0 Å². The Kier molecular flexibility index (Phi) is 4.92. The van der Waals surface area contributed by atoms with E-state index in [0.717, 1.165) is 0 Å². The first kappa shape index (κ1) is 16.2. The lowest BCUT2D eigenvalue weighted by atomic mass is 10.1. The minimum atomic E-state index is 1.18. The van der Waals surface area contributed by atoms with E-state index in [1.807, 2.05) is 12.4 Å². The van der Waals surface area contributed by atoms with Gasteiger partial charge in [0.2, 0.25) is 0 Å². The van der Waals surface area contributed by atoms with Crippen molar-refractivity contribution in [3.05, 3.63) is 70.0 Å². The van der Waals surface area contributed by atoms with Crippen molar-refractivity contribution in [3.63, 3.8) is 0 Å². The first-order chi connectivity index (χ1) is 10.4. The van der Waals surface area contributed by atoms with Crippen molar-refractivity contribution in [3.8, 4) is 0 Å². The molecular formula is C20H26N2.